The van der Waals surface area contributed by atoms with E-state index in [1.807, 2.05) is 4.90 Å². The Kier molecular flexibility index (Phi) is 6.06. The van der Waals surface area contributed by atoms with Crippen molar-refractivity contribution in [3.8, 4) is 5.75 Å². The lowest BCUT2D eigenvalue weighted by atomic mass is 9.86. The number of hydrogen-bond acceptors (Lipinski definition) is 5. The number of ether oxygens (including phenoxy) is 1. The lowest BCUT2D eigenvalue weighted by Crippen LogP contribution is -2.57. The van der Waals surface area contributed by atoms with Crippen LogP contribution < -0.4 is 4.74 Å². The summed E-state index contributed by atoms with van der Waals surface area (Å²) in [6.07, 6.45) is 5.03. The number of benzene rings is 1. The van der Waals surface area contributed by atoms with E-state index < -0.39 is 0 Å². The fourth-order valence-corrected chi connectivity index (χ4v) is 4.99. The number of methoxy groups -OCH3 is 1. The van der Waals surface area contributed by atoms with E-state index in [1.54, 1.807) is 25.4 Å². The third-order valence-electron chi connectivity index (χ3n) is 6.82. The molecule has 2 aromatic rings. The topological polar surface area (TPSA) is 65.9 Å². The molecule has 6 nitrogen and oxygen atoms in total. The summed E-state index contributed by atoms with van der Waals surface area (Å²) in [6.45, 7) is 6.58. The zero-order chi connectivity index (χ0) is 21.3. The van der Waals surface area contributed by atoms with Gasteiger partial charge in [-0.25, -0.2) is 0 Å². The Bertz CT molecular complexity index is 913. The van der Waals surface area contributed by atoms with Crippen LogP contribution in [-0.2, 0) is 6.61 Å². The van der Waals surface area contributed by atoms with Crippen molar-refractivity contribution >= 4 is 5.91 Å². The van der Waals surface area contributed by atoms with Gasteiger partial charge in [-0.2, -0.15) is 0 Å². The van der Waals surface area contributed by atoms with Crippen LogP contribution in [0.3, 0.4) is 0 Å². The van der Waals surface area contributed by atoms with Crippen molar-refractivity contribution in [1.82, 2.24) is 14.8 Å². The summed E-state index contributed by atoms with van der Waals surface area (Å²) in [4.78, 5) is 21.7. The molecule has 160 valence electrons. The van der Waals surface area contributed by atoms with Crippen molar-refractivity contribution in [2.45, 2.75) is 51.8 Å². The summed E-state index contributed by atoms with van der Waals surface area (Å²) >= 11 is 0. The number of aliphatic hydroxyl groups is 1. The molecule has 0 spiro atoms. The molecule has 0 unspecified atom stereocenters. The van der Waals surface area contributed by atoms with Crippen LogP contribution in [0.1, 0.15) is 58.0 Å². The third kappa shape index (κ3) is 3.82. The van der Waals surface area contributed by atoms with E-state index in [0.717, 1.165) is 38.2 Å². The quantitative estimate of drug-likeness (QED) is 0.840. The standard InChI is InChI=1S/C24H31N3O3/c1-16-17(2)23(30-3)10-9-21(16)22-6-4-5-20-14-26(11-12-27(20)22)24(29)18-7-8-19(15-28)25-13-18/h7-10,13,20,22,28H,4-6,11-12,14-15H2,1-3H3/t20-,22+/m0/s1. The molecule has 2 fully saturated rings. The normalized spacial score (nSPS) is 21.9. The maximum Gasteiger partial charge on any atom is 0.255 e. The summed E-state index contributed by atoms with van der Waals surface area (Å²) in [5.41, 5.74) is 5.09. The fourth-order valence-electron chi connectivity index (χ4n) is 4.99. The van der Waals surface area contributed by atoms with Crippen LogP contribution in [-0.4, -0.2) is 58.6 Å². The van der Waals surface area contributed by atoms with Crippen molar-refractivity contribution in [2.24, 2.45) is 0 Å². The monoisotopic (exact) mass is 409 g/mol. The van der Waals surface area contributed by atoms with Crippen LogP contribution in [0.25, 0.3) is 0 Å². The highest BCUT2D eigenvalue weighted by Crippen LogP contribution is 2.39. The largest absolute Gasteiger partial charge is 0.496 e. The smallest absolute Gasteiger partial charge is 0.255 e. The second-order valence-corrected chi connectivity index (χ2v) is 8.39. The van der Waals surface area contributed by atoms with Gasteiger partial charge < -0.3 is 14.7 Å². The lowest BCUT2D eigenvalue weighted by Gasteiger charge is -2.48. The fraction of sp³-hybridized carbons (Fsp3) is 0.500. The number of piperidine rings is 1. The first-order valence-electron chi connectivity index (χ1n) is 10.8. The lowest BCUT2D eigenvalue weighted by molar-refractivity contribution is 0.0101. The minimum Gasteiger partial charge on any atom is -0.496 e. The molecule has 1 aromatic heterocycles. The minimum absolute atomic E-state index is 0.0326. The van der Waals surface area contributed by atoms with Crippen molar-refractivity contribution < 1.29 is 14.6 Å². The predicted octanol–water partition coefficient (Wildman–Crippen LogP) is 3.25. The van der Waals surface area contributed by atoms with E-state index in [2.05, 4.69) is 35.9 Å². The maximum atomic E-state index is 13.0. The van der Waals surface area contributed by atoms with Crippen LogP contribution >= 0.6 is 0 Å². The highest BCUT2D eigenvalue weighted by atomic mass is 16.5. The van der Waals surface area contributed by atoms with E-state index in [0.29, 0.717) is 23.3 Å². The van der Waals surface area contributed by atoms with E-state index in [9.17, 15) is 4.79 Å². The van der Waals surface area contributed by atoms with E-state index >= 15 is 0 Å². The SMILES string of the molecule is COc1ccc([C@H]2CCC[C@H]3CN(C(=O)c4ccc(CO)nc4)CCN32)c(C)c1C. The number of piperazine rings is 1. The van der Waals surface area contributed by atoms with Crippen LogP contribution in [0, 0.1) is 13.8 Å². The Balaban J connectivity index is 1.50. The van der Waals surface area contributed by atoms with Gasteiger partial charge in [-0.15, -0.1) is 0 Å². The zero-order valence-electron chi connectivity index (χ0n) is 18.1. The number of nitrogens with zero attached hydrogens (tertiary/aromatic N) is 3. The van der Waals surface area contributed by atoms with Crippen LogP contribution in [0.4, 0.5) is 0 Å². The molecule has 2 saturated heterocycles. The molecular weight excluding hydrogens is 378 g/mol. The first kappa shape index (κ1) is 20.8. The van der Waals surface area contributed by atoms with Gasteiger partial charge >= 0.3 is 0 Å². The molecule has 2 atom stereocenters. The molecule has 2 aliphatic heterocycles. The van der Waals surface area contributed by atoms with Crippen molar-refractivity contribution in [3.05, 3.63) is 58.4 Å². The Labute approximate surface area is 178 Å². The molecule has 4 rings (SSSR count). The van der Waals surface area contributed by atoms with Gasteiger partial charge in [0, 0.05) is 37.9 Å². The molecule has 0 aliphatic carbocycles. The molecule has 1 aromatic carbocycles. The molecule has 2 aliphatic rings. The van der Waals surface area contributed by atoms with Gasteiger partial charge in [-0.1, -0.05) is 6.07 Å². The van der Waals surface area contributed by atoms with Gasteiger partial charge in [0.15, 0.2) is 0 Å². The van der Waals surface area contributed by atoms with Crippen LogP contribution in [0.5, 0.6) is 5.75 Å². The number of aromatic nitrogens is 1. The van der Waals surface area contributed by atoms with E-state index in [4.69, 9.17) is 9.84 Å². The van der Waals surface area contributed by atoms with E-state index in [1.165, 1.54) is 23.1 Å². The number of fused-ring (bicyclic) bond motifs is 1. The van der Waals surface area contributed by atoms with Crippen LogP contribution in [0.15, 0.2) is 30.5 Å². The molecule has 0 bridgehead atoms. The number of pyridine rings is 1. The summed E-state index contributed by atoms with van der Waals surface area (Å²) in [5.74, 6) is 0.977. The molecule has 1 N–H and O–H groups in total. The number of hydrogen-bond donors (Lipinski definition) is 1. The van der Waals surface area contributed by atoms with Crippen LogP contribution in [0.2, 0.25) is 0 Å². The van der Waals surface area contributed by atoms with Gasteiger partial charge in [0.2, 0.25) is 0 Å². The average molecular weight is 410 g/mol. The zero-order valence-corrected chi connectivity index (χ0v) is 18.1. The molecular formula is C24H31N3O3. The summed E-state index contributed by atoms with van der Waals surface area (Å²) in [6, 6.07) is 8.57. The number of aliphatic hydroxyl groups excluding tert-OH is 1. The summed E-state index contributed by atoms with van der Waals surface area (Å²) < 4.78 is 5.50. The highest BCUT2D eigenvalue weighted by Gasteiger charge is 2.37. The molecule has 0 radical (unpaired) electrons. The number of carbonyl (C=O) groups is 1. The Morgan fingerprint density at radius 3 is 2.70 bits per heavy atom. The molecule has 1 amide bonds. The van der Waals surface area contributed by atoms with Gasteiger partial charge in [-0.3, -0.25) is 14.7 Å². The first-order valence-corrected chi connectivity index (χ1v) is 10.8. The minimum atomic E-state index is -0.110. The Hall–Kier alpha value is -2.44. The second-order valence-electron chi connectivity index (χ2n) is 8.39. The summed E-state index contributed by atoms with van der Waals surface area (Å²) in [7, 11) is 1.72. The average Bonchev–Trinajstić information content (AvgIpc) is 2.79. The van der Waals surface area contributed by atoms with Crippen molar-refractivity contribution in [2.75, 3.05) is 26.7 Å². The number of carbonyl (C=O) groups excluding carboxylic acids is 1. The van der Waals surface area contributed by atoms with Gasteiger partial charge in [0.05, 0.1) is 25.0 Å². The predicted molar refractivity (Wildman–Crippen MR) is 116 cm³/mol. The Morgan fingerprint density at radius 1 is 1.17 bits per heavy atom. The third-order valence-corrected chi connectivity index (χ3v) is 6.82. The summed E-state index contributed by atoms with van der Waals surface area (Å²) in [5, 5.41) is 9.16. The van der Waals surface area contributed by atoms with Crippen molar-refractivity contribution in [3.63, 3.8) is 0 Å². The maximum absolute atomic E-state index is 13.0. The molecule has 3 heterocycles. The highest BCUT2D eigenvalue weighted by molar-refractivity contribution is 5.94. The molecule has 30 heavy (non-hydrogen) atoms. The molecule has 6 heteroatoms. The van der Waals surface area contributed by atoms with Crippen molar-refractivity contribution in [1.29, 1.82) is 0 Å². The van der Waals surface area contributed by atoms with Gasteiger partial charge in [-0.05, 0) is 68.0 Å². The Morgan fingerprint density at radius 2 is 2.00 bits per heavy atom. The van der Waals surface area contributed by atoms with Gasteiger partial charge in [0.25, 0.3) is 5.91 Å². The molecule has 0 saturated carbocycles. The van der Waals surface area contributed by atoms with E-state index in [-0.39, 0.29) is 12.5 Å². The first-order chi connectivity index (χ1) is 14.5. The number of rotatable bonds is 4. The second kappa shape index (κ2) is 8.74. The number of amides is 1. The van der Waals surface area contributed by atoms with Gasteiger partial charge in [0.1, 0.15) is 5.75 Å².